The summed E-state index contributed by atoms with van der Waals surface area (Å²) in [5.74, 6) is 0.136. The van der Waals surface area contributed by atoms with Crippen molar-refractivity contribution >= 4 is 28.5 Å². The molecule has 1 amide bonds. The Labute approximate surface area is 109 Å². The van der Waals surface area contributed by atoms with Crippen LogP contribution in [0.2, 0.25) is 0 Å². The summed E-state index contributed by atoms with van der Waals surface area (Å²) >= 11 is 2.29. The first-order valence-electron chi connectivity index (χ1n) is 5.51. The molecule has 0 spiro atoms. The number of hydrogen-bond donors (Lipinski definition) is 2. The molecular formula is C12H15IN2O. The first-order chi connectivity index (χ1) is 7.75. The second kappa shape index (κ2) is 5.63. The molecule has 1 fully saturated rings. The maximum Gasteiger partial charge on any atom is 0.237 e. The molecule has 0 aromatic heterocycles. The summed E-state index contributed by atoms with van der Waals surface area (Å²) in [6.45, 7) is 1.58. The average Bonchev–Trinajstić information content (AvgIpc) is 2.30. The Bertz CT molecular complexity index is 364. The minimum Gasteiger partial charge on any atom is -0.355 e. The summed E-state index contributed by atoms with van der Waals surface area (Å²) < 4.78 is 1.23. The number of rotatable bonds is 3. The summed E-state index contributed by atoms with van der Waals surface area (Å²) in [5, 5.41) is 6.17. The molecule has 1 unspecified atom stereocenters. The van der Waals surface area contributed by atoms with E-state index in [4.69, 9.17) is 0 Å². The van der Waals surface area contributed by atoms with E-state index in [1.165, 1.54) is 9.13 Å². The van der Waals surface area contributed by atoms with Gasteiger partial charge in [0.1, 0.15) is 0 Å². The van der Waals surface area contributed by atoms with Crippen molar-refractivity contribution < 1.29 is 4.79 Å². The van der Waals surface area contributed by atoms with Crippen LogP contribution in [0, 0.1) is 3.57 Å². The van der Waals surface area contributed by atoms with Crippen LogP contribution in [0.3, 0.4) is 0 Å². The lowest BCUT2D eigenvalue weighted by molar-refractivity contribution is -0.124. The Kier molecular flexibility index (Phi) is 4.17. The number of nitrogens with one attached hydrogen (secondary N) is 2. The Morgan fingerprint density at radius 3 is 2.81 bits per heavy atom. The molecular weight excluding hydrogens is 315 g/mol. The summed E-state index contributed by atoms with van der Waals surface area (Å²) in [4.78, 5) is 11.5. The zero-order valence-electron chi connectivity index (χ0n) is 9.00. The van der Waals surface area contributed by atoms with E-state index in [-0.39, 0.29) is 11.9 Å². The number of hydrogen-bond acceptors (Lipinski definition) is 2. The molecule has 1 aromatic carbocycles. The fourth-order valence-corrected chi connectivity index (χ4v) is 2.17. The van der Waals surface area contributed by atoms with E-state index in [0.29, 0.717) is 0 Å². The molecule has 2 rings (SSSR count). The normalized spacial score (nSPS) is 20.6. The molecule has 0 saturated carbocycles. The lowest BCUT2D eigenvalue weighted by Gasteiger charge is -2.22. The van der Waals surface area contributed by atoms with Gasteiger partial charge >= 0.3 is 0 Å². The van der Waals surface area contributed by atoms with Crippen molar-refractivity contribution in [2.24, 2.45) is 0 Å². The van der Waals surface area contributed by atoms with Crippen molar-refractivity contribution in [2.45, 2.75) is 25.4 Å². The zero-order valence-corrected chi connectivity index (χ0v) is 11.2. The Balaban J connectivity index is 1.86. The van der Waals surface area contributed by atoms with Gasteiger partial charge in [0.05, 0.1) is 6.04 Å². The monoisotopic (exact) mass is 330 g/mol. The molecule has 1 heterocycles. The third-order valence-electron chi connectivity index (χ3n) is 2.75. The predicted molar refractivity (Wildman–Crippen MR) is 72.0 cm³/mol. The Morgan fingerprint density at radius 1 is 1.38 bits per heavy atom. The number of carbonyl (C=O) groups excluding carboxylic acids is 1. The quantitative estimate of drug-likeness (QED) is 0.828. The first kappa shape index (κ1) is 11.9. The van der Waals surface area contributed by atoms with Crippen molar-refractivity contribution in [1.82, 2.24) is 10.6 Å². The molecule has 0 bridgehead atoms. The second-order valence-corrected chi connectivity index (χ2v) is 5.24. The highest BCUT2D eigenvalue weighted by molar-refractivity contribution is 14.1. The van der Waals surface area contributed by atoms with Crippen LogP contribution in [0.1, 0.15) is 18.4 Å². The summed E-state index contributed by atoms with van der Waals surface area (Å²) in [6, 6.07) is 8.33. The molecule has 1 atom stereocenters. The number of carbonyl (C=O) groups is 1. The summed E-state index contributed by atoms with van der Waals surface area (Å²) in [7, 11) is 0. The minimum absolute atomic E-state index is 0.0203. The minimum atomic E-state index is -0.0203. The van der Waals surface area contributed by atoms with Crippen LogP contribution in [-0.2, 0) is 11.3 Å². The largest absolute Gasteiger partial charge is 0.355 e. The molecule has 4 heteroatoms. The van der Waals surface area contributed by atoms with Crippen LogP contribution in [0.4, 0.5) is 0 Å². The molecule has 1 aromatic rings. The number of benzene rings is 1. The van der Waals surface area contributed by atoms with Crippen LogP contribution in [0.15, 0.2) is 24.3 Å². The van der Waals surface area contributed by atoms with Crippen molar-refractivity contribution in [2.75, 3.05) is 6.54 Å². The van der Waals surface area contributed by atoms with Gasteiger partial charge in [-0.25, -0.2) is 0 Å². The van der Waals surface area contributed by atoms with Gasteiger partial charge in [-0.3, -0.25) is 4.79 Å². The summed E-state index contributed by atoms with van der Waals surface area (Å²) in [6.07, 6.45) is 2.01. The van der Waals surface area contributed by atoms with Gasteiger partial charge in [-0.1, -0.05) is 12.1 Å². The van der Waals surface area contributed by atoms with Crippen LogP contribution < -0.4 is 10.6 Å². The van der Waals surface area contributed by atoms with E-state index in [9.17, 15) is 4.79 Å². The lowest BCUT2D eigenvalue weighted by Crippen LogP contribution is -2.47. The molecule has 1 saturated heterocycles. The van der Waals surface area contributed by atoms with Crippen LogP contribution >= 0.6 is 22.6 Å². The van der Waals surface area contributed by atoms with E-state index in [2.05, 4.69) is 57.5 Å². The number of amides is 1. The zero-order chi connectivity index (χ0) is 11.4. The molecule has 0 radical (unpaired) electrons. The lowest BCUT2D eigenvalue weighted by atomic mass is 10.1. The van der Waals surface area contributed by atoms with Gasteiger partial charge < -0.3 is 10.6 Å². The highest BCUT2D eigenvalue weighted by Gasteiger charge is 2.20. The van der Waals surface area contributed by atoms with Crippen LogP contribution in [-0.4, -0.2) is 18.5 Å². The SMILES string of the molecule is O=C1NCCCC1NCc1ccc(I)cc1. The maximum absolute atomic E-state index is 11.5. The van der Waals surface area contributed by atoms with Crippen LogP contribution in [0.25, 0.3) is 0 Å². The maximum atomic E-state index is 11.5. The van der Waals surface area contributed by atoms with E-state index in [1.807, 2.05) is 0 Å². The van der Waals surface area contributed by atoms with Gasteiger partial charge in [0.25, 0.3) is 0 Å². The Hall–Kier alpha value is -0.620. The van der Waals surface area contributed by atoms with Crippen molar-refractivity contribution in [1.29, 1.82) is 0 Å². The predicted octanol–water partition coefficient (Wildman–Crippen LogP) is 1.66. The standard InChI is InChI=1S/C12H15IN2O/c13-10-5-3-9(4-6-10)8-15-11-2-1-7-14-12(11)16/h3-6,11,15H,1-2,7-8H2,(H,14,16). The number of halogens is 1. The molecule has 2 N–H and O–H groups in total. The van der Waals surface area contributed by atoms with Crippen molar-refractivity contribution in [3.8, 4) is 0 Å². The van der Waals surface area contributed by atoms with Gasteiger partial charge in [0.2, 0.25) is 5.91 Å². The fraction of sp³-hybridized carbons (Fsp3) is 0.417. The average molecular weight is 330 g/mol. The van der Waals surface area contributed by atoms with Gasteiger partial charge in [0, 0.05) is 16.7 Å². The first-order valence-corrected chi connectivity index (χ1v) is 6.59. The van der Waals surface area contributed by atoms with Gasteiger partial charge in [0.15, 0.2) is 0 Å². The van der Waals surface area contributed by atoms with E-state index in [1.54, 1.807) is 0 Å². The smallest absolute Gasteiger partial charge is 0.237 e. The molecule has 0 aliphatic carbocycles. The highest BCUT2D eigenvalue weighted by Crippen LogP contribution is 2.08. The van der Waals surface area contributed by atoms with Crippen molar-refractivity contribution in [3.05, 3.63) is 33.4 Å². The van der Waals surface area contributed by atoms with E-state index < -0.39 is 0 Å². The topological polar surface area (TPSA) is 41.1 Å². The molecule has 3 nitrogen and oxygen atoms in total. The third kappa shape index (κ3) is 3.18. The highest BCUT2D eigenvalue weighted by atomic mass is 127. The van der Waals surface area contributed by atoms with E-state index in [0.717, 1.165) is 25.9 Å². The van der Waals surface area contributed by atoms with Crippen molar-refractivity contribution in [3.63, 3.8) is 0 Å². The third-order valence-corrected chi connectivity index (χ3v) is 3.47. The molecule has 1 aliphatic rings. The van der Waals surface area contributed by atoms with Gasteiger partial charge in [-0.05, 0) is 53.1 Å². The number of piperidine rings is 1. The fourth-order valence-electron chi connectivity index (χ4n) is 1.81. The Morgan fingerprint density at radius 2 is 2.12 bits per heavy atom. The molecule has 86 valence electrons. The van der Waals surface area contributed by atoms with Gasteiger partial charge in [-0.15, -0.1) is 0 Å². The van der Waals surface area contributed by atoms with E-state index >= 15 is 0 Å². The molecule has 1 aliphatic heterocycles. The van der Waals surface area contributed by atoms with Crippen LogP contribution in [0.5, 0.6) is 0 Å². The molecule has 16 heavy (non-hydrogen) atoms. The second-order valence-electron chi connectivity index (χ2n) is 3.99. The summed E-state index contributed by atoms with van der Waals surface area (Å²) in [5.41, 5.74) is 1.22. The van der Waals surface area contributed by atoms with Gasteiger partial charge in [-0.2, -0.15) is 0 Å².